The van der Waals surface area contributed by atoms with Gasteiger partial charge in [-0.3, -0.25) is 0 Å². The second kappa shape index (κ2) is 3.21. The second-order valence-corrected chi connectivity index (χ2v) is 4.43. The van der Waals surface area contributed by atoms with Crippen LogP contribution in [0.1, 0.15) is 0 Å². The summed E-state index contributed by atoms with van der Waals surface area (Å²) in [5.41, 5.74) is 2.45. The molecule has 3 heteroatoms. The zero-order valence-corrected chi connectivity index (χ0v) is 9.16. The van der Waals surface area contributed by atoms with Crippen molar-refractivity contribution in [1.29, 1.82) is 0 Å². The molecule has 3 aromatic rings. The van der Waals surface area contributed by atoms with Crippen LogP contribution in [0.4, 0.5) is 0 Å². The molecule has 1 aromatic carbocycles. The van der Waals surface area contributed by atoms with Crippen molar-refractivity contribution in [1.82, 2.24) is 9.55 Å². The Morgan fingerprint density at radius 1 is 1.27 bits per heavy atom. The Morgan fingerprint density at radius 3 is 3.00 bits per heavy atom. The molecule has 2 nitrogen and oxygen atoms in total. The maximum atomic E-state index is 4.32. The van der Waals surface area contributed by atoms with E-state index in [-0.39, 0.29) is 0 Å². The number of aromatic nitrogens is 2. The molecule has 0 radical (unpaired) electrons. The maximum Gasteiger partial charge on any atom is 0.123 e. The molecule has 3 rings (SSSR count). The molecule has 0 amide bonds. The first-order valence-electron chi connectivity index (χ1n) is 4.79. The van der Waals surface area contributed by atoms with Crippen LogP contribution in [0.3, 0.4) is 0 Å². The van der Waals surface area contributed by atoms with E-state index >= 15 is 0 Å². The fourth-order valence-electron chi connectivity index (χ4n) is 1.76. The molecular formula is C12H10N2S. The molecule has 0 bridgehead atoms. The van der Waals surface area contributed by atoms with E-state index < -0.39 is 0 Å². The van der Waals surface area contributed by atoms with Crippen molar-refractivity contribution >= 4 is 22.2 Å². The average molecular weight is 214 g/mol. The summed E-state index contributed by atoms with van der Waals surface area (Å²) in [6.07, 6.45) is 3.92. The van der Waals surface area contributed by atoms with Crippen LogP contribution < -0.4 is 0 Å². The Bertz CT molecular complexity index is 593. The van der Waals surface area contributed by atoms with Gasteiger partial charge < -0.3 is 4.57 Å². The molecule has 0 aliphatic carbocycles. The third kappa shape index (κ3) is 1.36. The zero-order chi connectivity index (χ0) is 10.3. The lowest BCUT2D eigenvalue weighted by atomic mass is 10.2. The molecule has 0 spiro atoms. The number of fused-ring (bicyclic) bond motifs is 1. The van der Waals surface area contributed by atoms with E-state index in [2.05, 4.69) is 47.1 Å². The lowest BCUT2D eigenvalue weighted by Crippen LogP contribution is -1.84. The Hall–Kier alpha value is -1.61. The molecule has 0 N–H and O–H groups in total. The van der Waals surface area contributed by atoms with Crippen molar-refractivity contribution in [2.24, 2.45) is 7.05 Å². The highest BCUT2D eigenvalue weighted by atomic mass is 32.1. The van der Waals surface area contributed by atoms with Gasteiger partial charge in [-0.1, -0.05) is 12.1 Å². The number of aryl methyl sites for hydroxylation is 1. The molecule has 2 heterocycles. The van der Waals surface area contributed by atoms with Gasteiger partial charge >= 0.3 is 0 Å². The van der Waals surface area contributed by atoms with Crippen molar-refractivity contribution in [2.75, 3.05) is 0 Å². The molecule has 2 aromatic heterocycles. The third-order valence-corrected chi connectivity index (χ3v) is 3.39. The van der Waals surface area contributed by atoms with E-state index in [0.29, 0.717) is 0 Å². The molecule has 0 saturated carbocycles. The summed E-state index contributed by atoms with van der Waals surface area (Å²) in [4.78, 5) is 4.32. The smallest absolute Gasteiger partial charge is 0.123 e. The second-order valence-electron chi connectivity index (χ2n) is 3.54. The lowest BCUT2D eigenvalue weighted by Gasteiger charge is -1.99. The van der Waals surface area contributed by atoms with E-state index in [4.69, 9.17) is 0 Å². The Morgan fingerprint density at radius 2 is 2.20 bits per heavy atom. The Balaban J connectivity index is 2.25. The number of rotatable bonds is 1. The van der Waals surface area contributed by atoms with Crippen LogP contribution in [-0.2, 0) is 7.05 Å². The predicted molar refractivity (Wildman–Crippen MR) is 64.0 cm³/mol. The molecule has 0 atom stereocenters. The highest BCUT2D eigenvalue weighted by Gasteiger charge is 2.03. The van der Waals surface area contributed by atoms with Gasteiger partial charge in [0.15, 0.2) is 0 Å². The van der Waals surface area contributed by atoms with Crippen molar-refractivity contribution in [3.8, 4) is 10.6 Å². The Labute approximate surface area is 91.8 Å². The lowest BCUT2D eigenvalue weighted by molar-refractivity contribution is 0.969. The third-order valence-electron chi connectivity index (χ3n) is 2.57. The summed E-state index contributed by atoms with van der Waals surface area (Å²) < 4.78 is 2.13. The highest BCUT2D eigenvalue weighted by molar-refractivity contribution is 7.13. The van der Waals surface area contributed by atoms with Gasteiger partial charge in [0.1, 0.15) is 5.01 Å². The zero-order valence-electron chi connectivity index (χ0n) is 8.34. The Kier molecular flexibility index (Phi) is 1.86. The molecule has 0 fully saturated rings. The molecule has 0 unspecified atom stereocenters. The largest absolute Gasteiger partial charge is 0.351 e. The predicted octanol–water partition coefficient (Wildman–Crippen LogP) is 3.30. The van der Waals surface area contributed by atoms with E-state index in [1.165, 1.54) is 16.5 Å². The number of hydrogen-bond acceptors (Lipinski definition) is 2. The first-order chi connectivity index (χ1) is 7.34. The maximum absolute atomic E-state index is 4.32. The fourth-order valence-corrected chi connectivity index (χ4v) is 2.40. The number of nitrogens with zero attached hydrogens (tertiary/aromatic N) is 2. The standard InChI is InChI=1S/C12H10N2S/c1-14-6-4-9-2-3-10(8-11(9)14)12-13-5-7-15-12/h2-8H,1H3. The molecule has 0 aliphatic heterocycles. The van der Waals surface area contributed by atoms with Crippen LogP contribution in [0.25, 0.3) is 21.5 Å². The summed E-state index contributed by atoms with van der Waals surface area (Å²) >= 11 is 1.67. The summed E-state index contributed by atoms with van der Waals surface area (Å²) in [7, 11) is 2.06. The SMILES string of the molecule is Cn1ccc2ccc(-c3nccs3)cc21. The summed E-state index contributed by atoms with van der Waals surface area (Å²) in [5.74, 6) is 0. The minimum absolute atomic E-state index is 1.08. The summed E-state index contributed by atoms with van der Waals surface area (Å²) in [5, 5.41) is 4.36. The quantitative estimate of drug-likeness (QED) is 0.607. The summed E-state index contributed by atoms with van der Waals surface area (Å²) in [6.45, 7) is 0. The van der Waals surface area contributed by atoms with E-state index in [0.717, 1.165) is 5.01 Å². The number of hydrogen-bond donors (Lipinski definition) is 0. The van der Waals surface area contributed by atoms with Crippen molar-refractivity contribution < 1.29 is 0 Å². The van der Waals surface area contributed by atoms with Gasteiger partial charge in [0.05, 0.1) is 0 Å². The van der Waals surface area contributed by atoms with Crippen molar-refractivity contribution in [3.63, 3.8) is 0 Å². The van der Waals surface area contributed by atoms with Crippen LogP contribution >= 0.6 is 11.3 Å². The van der Waals surface area contributed by atoms with Crippen LogP contribution in [0.2, 0.25) is 0 Å². The molecule has 0 aliphatic rings. The van der Waals surface area contributed by atoms with Gasteiger partial charge in [0, 0.05) is 35.9 Å². The normalized spacial score (nSPS) is 11.0. The highest BCUT2D eigenvalue weighted by Crippen LogP contribution is 2.25. The van der Waals surface area contributed by atoms with Gasteiger partial charge in [0.25, 0.3) is 0 Å². The first kappa shape index (κ1) is 8.68. The average Bonchev–Trinajstić information content (AvgIpc) is 2.88. The fraction of sp³-hybridized carbons (Fsp3) is 0.0833. The molecule has 0 saturated heterocycles. The molecular weight excluding hydrogens is 204 g/mol. The van der Waals surface area contributed by atoms with Crippen LogP contribution in [0.5, 0.6) is 0 Å². The van der Waals surface area contributed by atoms with Crippen molar-refractivity contribution in [3.05, 3.63) is 42.0 Å². The van der Waals surface area contributed by atoms with E-state index in [1.54, 1.807) is 11.3 Å². The van der Waals surface area contributed by atoms with Gasteiger partial charge in [-0.15, -0.1) is 11.3 Å². The van der Waals surface area contributed by atoms with Crippen LogP contribution in [-0.4, -0.2) is 9.55 Å². The van der Waals surface area contributed by atoms with Crippen molar-refractivity contribution in [2.45, 2.75) is 0 Å². The van der Waals surface area contributed by atoms with E-state index in [1.807, 2.05) is 11.6 Å². The van der Waals surface area contributed by atoms with Crippen LogP contribution in [0, 0.1) is 0 Å². The van der Waals surface area contributed by atoms with Crippen LogP contribution in [0.15, 0.2) is 42.0 Å². The van der Waals surface area contributed by atoms with Gasteiger partial charge in [-0.25, -0.2) is 4.98 Å². The van der Waals surface area contributed by atoms with Gasteiger partial charge in [-0.2, -0.15) is 0 Å². The summed E-state index contributed by atoms with van der Waals surface area (Å²) in [6, 6.07) is 8.59. The topological polar surface area (TPSA) is 17.8 Å². The van der Waals surface area contributed by atoms with E-state index in [9.17, 15) is 0 Å². The molecule has 15 heavy (non-hydrogen) atoms. The molecule has 74 valence electrons. The van der Waals surface area contributed by atoms with Gasteiger partial charge in [0.2, 0.25) is 0 Å². The minimum Gasteiger partial charge on any atom is -0.351 e. The van der Waals surface area contributed by atoms with Gasteiger partial charge in [-0.05, 0) is 17.5 Å². The number of thiazole rings is 1. The monoisotopic (exact) mass is 214 g/mol. The number of benzene rings is 1. The first-order valence-corrected chi connectivity index (χ1v) is 5.67. The minimum atomic E-state index is 1.08.